The van der Waals surface area contributed by atoms with Gasteiger partial charge in [-0.05, 0) is 12.1 Å². The van der Waals surface area contributed by atoms with Crippen molar-refractivity contribution in [2.75, 3.05) is 13.3 Å². The monoisotopic (exact) mass is 226 g/mol. The number of halogens is 5. The molecule has 0 amide bonds. The van der Waals surface area contributed by atoms with Gasteiger partial charge in [0.25, 0.3) is 0 Å². The molecule has 0 aromatic heterocycles. The summed E-state index contributed by atoms with van der Waals surface area (Å²) in [4.78, 5) is 0. The summed E-state index contributed by atoms with van der Waals surface area (Å²) in [7, 11) is 0. The molecule has 1 nitrogen and oxygen atoms in total. The fourth-order valence-electron chi connectivity index (χ4n) is 1.05. The minimum absolute atomic E-state index is 0.535. The molecule has 0 spiro atoms. The van der Waals surface area contributed by atoms with Crippen molar-refractivity contribution in [2.24, 2.45) is 0 Å². The molecule has 0 aliphatic carbocycles. The van der Waals surface area contributed by atoms with Crippen LogP contribution in [0.25, 0.3) is 0 Å². The molecule has 0 atom stereocenters. The van der Waals surface area contributed by atoms with E-state index in [2.05, 4.69) is 4.74 Å². The van der Waals surface area contributed by atoms with Gasteiger partial charge in [0.05, 0.1) is 0 Å². The van der Waals surface area contributed by atoms with E-state index in [1.54, 1.807) is 0 Å². The topological polar surface area (TPSA) is 9.23 Å². The summed E-state index contributed by atoms with van der Waals surface area (Å²) in [5.74, 6) is -2.13. The van der Waals surface area contributed by atoms with E-state index in [1.807, 2.05) is 0 Å². The van der Waals surface area contributed by atoms with E-state index in [-0.39, 0.29) is 0 Å². The van der Waals surface area contributed by atoms with Crippen molar-refractivity contribution in [1.29, 1.82) is 0 Å². The molecule has 15 heavy (non-hydrogen) atoms. The zero-order valence-corrected chi connectivity index (χ0v) is 7.44. The first-order chi connectivity index (χ1) is 6.96. The van der Waals surface area contributed by atoms with Crippen molar-refractivity contribution in [3.05, 3.63) is 29.6 Å². The maximum absolute atomic E-state index is 12.9. The number of hydrogen-bond donors (Lipinski definition) is 0. The van der Waals surface area contributed by atoms with Gasteiger partial charge in [0.15, 0.2) is 0 Å². The Kier molecular flexibility index (Phi) is 3.49. The Morgan fingerprint density at radius 2 is 1.87 bits per heavy atom. The first kappa shape index (κ1) is 11.7. The van der Waals surface area contributed by atoms with Crippen LogP contribution in [0.5, 0.6) is 5.75 Å². The van der Waals surface area contributed by atoms with Crippen LogP contribution in [0.1, 0.15) is 5.56 Å². The maximum Gasteiger partial charge on any atom is 0.422 e. The Morgan fingerprint density at radius 1 is 1.20 bits per heavy atom. The molecule has 1 aromatic rings. The Balaban J connectivity index is 3.09. The predicted molar refractivity (Wildman–Crippen MR) is 42.9 cm³/mol. The van der Waals surface area contributed by atoms with Crippen LogP contribution in [0.2, 0.25) is 0 Å². The van der Waals surface area contributed by atoms with Gasteiger partial charge in [-0.25, -0.2) is 8.78 Å². The van der Waals surface area contributed by atoms with Crippen molar-refractivity contribution >= 4 is 0 Å². The zero-order chi connectivity index (χ0) is 11.5. The molecular weight excluding hydrogens is 219 g/mol. The SMILES string of the molecule is FCCOc1cccc(F)c1C(F)(F)F. The van der Waals surface area contributed by atoms with E-state index in [4.69, 9.17) is 0 Å². The second-order valence-electron chi connectivity index (χ2n) is 2.65. The van der Waals surface area contributed by atoms with Crippen LogP contribution in [0.3, 0.4) is 0 Å². The van der Waals surface area contributed by atoms with Crippen molar-refractivity contribution in [3.8, 4) is 5.75 Å². The molecule has 1 aromatic carbocycles. The summed E-state index contributed by atoms with van der Waals surface area (Å²) in [5, 5.41) is 0. The van der Waals surface area contributed by atoms with Gasteiger partial charge in [-0.2, -0.15) is 13.2 Å². The highest BCUT2D eigenvalue weighted by Gasteiger charge is 2.37. The van der Waals surface area contributed by atoms with Crippen LogP contribution in [0, 0.1) is 5.82 Å². The molecule has 0 bridgehead atoms. The van der Waals surface area contributed by atoms with Crippen molar-refractivity contribution in [1.82, 2.24) is 0 Å². The number of hydrogen-bond acceptors (Lipinski definition) is 1. The molecule has 6 heteroatoms. The minimum atomic E-state index is -4.85. The molecule has 84 valence electrons. The lowest BCUT2D eigenvalue weighted by Gasteiger charge is -2.13. The molecule has 0 saturated carbocycles. The first-order valence-corrected chi connectivity index (χ1v) is 4.01. The second-order valence-corrected chi connectivity index (χ2v) is 2.65. The fourth-order valence-corrected chi connectivity index (χ4v) is 1.05. The van der Waals surface area contributed by atoms with Gasteiger partial charge in [0.2, 0.25) is 0 Å². The molecule has 0 heterocycles. The van der Waals surface area contributed by atoms with Gasteiger partial charge >= 0.3 is 6.18 Å². The van der Waals surface area contributed by atoms with Crippen LogP contribution in [0.4, 0.5) is 22.0 Å². The van der Waals surface area contributed by atoms with Gasteiger partial charge in [0.1, 0.15) is 30.4 Å². The van der Waals surface area contributed by atoms with Gasteiger partial charge in [0, 0.05) is 0 Å². The summed E-state index contributed by atoms with van der Waals surface area (Å²) in [6.07, 6.45) is -4.85. The minimum Gasteiger partial charge on any atom is -0.490 e. The van der Waals surface area contributed by atoms with E-state index in [1.165, 1.54) is 0 Å². The van der Waals surface area contributed by atoms with E-state index in [0.29, 0.717) is 6.07 Å². The third-order valence-corrected chi connectivity index (χ3v) is 1.59. The standard InChI is InChI=1S/C9H7F5O/c10-4-5-15-7-3-1-2-6(11)8(7)9(12,13)14/h1-3H,4-5H2. The molecule has 1 rings (SSSR count). The lowest BCUT2D eigenvalue weighted by atomic mass is 10.2. The molecule has 0 fully saturated rings. The van der Waals surface area contributed by atoms with Gasteiger partial charge < -0.3 is 4.74 Å². The molecule has 0 aliphatic heterocycles. The number of ether oxygens (including phenoxy) is 1. The van der Waals surface area contributed by atoms with E-state index < -0.39 is 36.6 Å². The fraction of sp³-hybridized carbons (Fsp3) is 0.333. The molecule has 0 saturated heterocycles. The van der Waals surface area contributed by atoms with Crippen molar-refractivity contribution in [2.45, 2.75) is 6.18 Å². The Labute approximate surface area is 82.5 Å². The lowest BCUT2D eigenvalue weighted by Crippen LogP contribution is -2.12. The Bertz CT molecular complexity index is 334. The third kappa shape index (κ3) is 2.81. The zero-order valence-electron chi connectivity index (χ0n) is 7.44. The molecular formula is C9H7F5O. The maximum atomic E-state index is 12.9. The summed E-state index contributed by atoms with van der Waals surface area (Å²) >= 11 is 0. The summed E-state index contributed by atoms with van der Waals surface area (Å²) < 4.78 is 66.0. The highest BCUT2D eigenvalue weighted by atomic mass is 19.4. The van der Waals surface area contributed by atoms with Crippen LogP contribution >= 0.6 is 0 Å². The van der Waals surface area contributed by atoms with Crippen LogP contribution in [-0.4, -0.2) is 13.3 Å². The first-order valence-electron chi connectivity index (χ1n) is 4.01. The van der Waals surface area contributed by atoms with Crippen molar-refractivity contribution in [3.63, 3.8) is 0 Å². The normalized spacial score (nSPS) is 11.5. The number of rotatable bonds is 3. The largest absolute Gasteiger partial charge is 0.490 e. The van der Waals surface area contributed by atoms with Gasteiger partial charge in [-0.3, -0.25) is 0 Å². The van der Waals surface area contributed by atoms with Crippen molar-refractivity contribution < 1.29 is 26.7 Å². The second kappa shape index (κ2) is 4.46. The number of alkyl halides is 4. The van der Waals surface area contributed by atoms with Gasteiger partial charge in [-0.1, -0.05) is 6.07 Å². The molecule has 0 unspecified atom stereocenters. The van der Waals surface area contributed by atoms with Gasteiger partial charge in [-0.15, -0.1) is 0 Å². The van der Waals surface area contributed by atoms with Crippen LogP contribution < -0.4 is 4.74 Å². The predicted octanol–water partition coefficient (Wildman–Crippen LogP) is 3.19. The summed E-state index contributed by atoms with van der Waals surface area (Å²) in [6, 6.07) is 2.69. The highest BCUT2D eigenvalue weighted by molar-refractivity contribution is 5.36. The smallest absolute Gasteiger partial charge is 0.422 e. The van der Waals surface area contributed by atoms with E-state index >= 15 is 0 Å². The highest BCUT2D eigenvalue weighted by Crippen LogP contribution is 2.37. The number of benzene rings is 1. The molecule has 0 N–H and O–H groups in total. The lowest BCUT2D eigenvalue weighted by molar-refractivity contribution is -0.141. The average molecular weight is 226 g/mol. The molecule has 0 aliphatic rings. The van der Waals surface area contributed by atoms with Crippen LogP contribution in [0.15, 0.2) is 18.2 Å². The van der Waals surface area contributed by atoms with E-state index in [0.717, 1.165) is 12.1 Å². The van der Waals surface area contributed by atoms with Crippen LogP contribution in [-0.2, 0) is 6.18 Å². The summed E-state index contributed by atoms with van der Waals surface area (Å²) in [6.45, 7) is -1.47. The third-order valence-electron chi connectivity index (χ3n) is 1.59. The average Bonchev–Trinajstić information content (AvgIpc) is 2.12. The molecule has 0 radical (unpaired) electrons. The Morgan fingerprint density at radius 3 is 2.40 bits per heavy atom. The van der Waals surface area contributed by atoms with E-state index in [9.17, 15) is 22.0 Å². The Hall–Kier alpha value is -1.33. The quantitative estimate of drug-likeness (QED) is 0.719. The summed E-state index contributed by atoms with van der Waals surface area (Å²) in [5.41, 5.74) is -1.50.